The summed E-state index contributed by atoms with van der Waals surface area (Å²) < 4.78 is 11.5. The third-order valence-corrected chi connectivity index (χ3v) is 4.92. The van der Waals surface area contributed by atoms with E-state index in [-0.39, 0.29) is 5.75 Å². The van der Waals surface area contributed by atoms with Gasteiger partial charge in [0.25, 0.3) is 0 Å². The first-order chi connectivity index (χ1) is 15.9. The minimum Gasteiger partial charge on any atom is -0.493 e. The van der Waals surface area contributed by atoms with Gasteiger partial charge in [0.1, 0.15) is 0 Å². The van der Waals surface area contributed by atoms with E-state index >= 15 is 0 Å². The van der Waals surface area contributed by atoms with Crippen LogP contribution in [0.15, 0.2) is 76.3 Å². The Bertz CT molecular complexity index is 1230. The van der Waals surface area contributed by atoms with Gasteiger partial charge in [-0.05, 0) is 60.5 Å². The number of hydrogen-bond donors (Lipinski definition) is 2. The first-order valence-corrected chi connectivity index (χ1v) is 10.5. The van der Waals surface area contributed by atoms with Gasteiger partial charge in [0.05, 0.1) is 18.9 Å². The summed E-state index contributed by atoms with van der Waals surface area (Å²) in [6, 6.07) is 18.7. The fraction of sp³-hybridized carbons (Fsp3) is 0.0833. The summed E-state index contributed by atoms with van der Waals surface area (Å²) >= 11 is 3.31. The lowest BCUT2D eigenvalue weighted by molar-refractivity contribution is -0.136. The van der Waals surface area contributed by atoms with Gasteiger partial charge in [0.2, 0.25) is 0 Å². The first-order valence-electron chi connectivity index (χ1n) is 9.73. The van der Waals surface area contributed by atoms with Crippen molar-refractivity contribution >= 4 is 45.6 Å². The lowest BCUT2D eigenvalue weighted by atomic mass is 10.2. The number of methoxy groups -OCH3 is 1. The van der Waals surface area contributed by atoms with Crippen molar-refractivity contribution in [3.05, 3.63) is 87.9 Å². The van der Waals surface area contributed by atoms with Crippen molar-refractivity contribution in [3.63, 3.8) is 0 Å². The quantitative estimate of drug-likeness (QED) is 0.171. The van der Waals surface area contributed by atoms with Gasteiger partial charge >= 0.3 is 17.8 Å². The van der Waals surface area contributed by atoms with E-state index < -0.39 is 17.8 Å². The predicted molar refractivity (Wildman–Crippen MR) is 128 cm³/mol. The zero-order chi connectivity index (χ0) is 23.8. The molecule has 3 aromatic carbocycles. The van der Waals surface area contributed by atoms with E-state index in [1.165, 1.54) is 13.3 Å². The van der Waals surface area contributed by atoms with Gasteiger partial charge in [-0.15, -0.1) is 0 Å². The van der Waals surface area contributed by atoms with Crippen LogP contribution in [0, 0.1) is 6.92 Å². The molecule has 3 rings (SSSR count). The Hall–Kier alpha value is -3.98. The summed E-state index contributed by atoms with van der Waals surface area (Å²) in [6.07, 6.45) is 1.33. The molecule has 9 heteroatoms. The Morgan fingerprint density at radius 3 is 2.45 bits per heavy atom. The molecule has 0 spiro atoms. The molecule has 3 aromatic rings. The van der Waals surface area contributed by atoms with Crippen molar-refractivity contribution < 1.29 is 23.9 Å². The molecule has 0 radical (unpaired) electrons. The van der Waals surface area contributed by atoms with Crippen molar-refractivity contribution in [1.82, 2.24) is 5.43 Å². The second-order valence-electron chi connectivity index (χ2n) is 6.78. The number of hydrogen-bond acceptors (Lipinski definition) is 6. The Kier molecular flexibility index (Phi) is 7.93. The molecule has 0 heterocycles. The molecule has 0 unspecified atom stereocenters. The number of amides is 2. The highest BCUT2D eigenvalue weighted by atomic mass is 79.9. The van der Waals surface area contributed by atoms with E-state index in [2.05, 4.69) is 31.8 Å². The number of halogens is 1. The third-order valence-electron chi connectivity index (χ3n) is 4.43. The zero-order valence-corrected chi connectivity index (χ0v) is 19.4. The fourth-order valence-corrected chi connectivity index (χ4v) is 3.13. The van der Waals surface area contributed by atoms with E-state index in [0.29, 0.717) is 22.6 Å². The summed E-state index contributed by atoms with van der Waals surface area (Å²) in [6.45, 7) is 1.82. The molecular formula is C24H20BrN3O5. The van der Waals surface area contributed by atoms with Crippen LogP contribution >= 0.6 is 15.9 Å². The van der Waals surface area contributed by atoms with Gasteiger partial charge in [-0.25, -0.2) is 10.2 Å². The number of hydrazone groups is 1. The Morgan fingerprint density at radius 1 is 0.939 bits per heavy atom. The monoisotopic (exact) mass is 509 g/mol. The molecule has 2 amide bonds. The number of para-hydroxylation sites is 1. The van der Waals surface area contributed by atoms with Gasteiger partial charge in [0, 0.05) is 10.2 Å². The van der Waals surface area contributed by atoms with E-state index in [4.69, 9.17) is 9.47 Å². The highest BCUT2D eigenvalue weighted by molar-refractivity contribution is 9.10. The maximum Gasteiger partial charge on any atom is 0.343 e. The highest BCUT2D eigenvalue weighted by Gasteiger charge is 2.15. The number of benzene rings is 3. The number of esters is 1. The maximum atomic E-state index is 12.4. The van der Waals surface area contributed by atoms with Crippen molar-refractivity contribution in [2.24, 2.45) is 5.10 Å². The molecule has 33 heavy (non-hydrogen) atoms. The minimum absolute atomic E-state index is 0.223. The summed E-state index contributed by atoms with van der Waals surface area (Å²) in [5, 5.41) is 6.32. The molecule has 0 aliphatic carbocycles. The second kappa shape index (κ2) is 11.1. The Morgan fingerprint density at radius 2 is 1.73 bits per heavy atom. The number of nitrogens with one attached hydrogen (secondary N) is 2. The number of nitrogens with zero attached hydrogens (tertiary/aromatic N) is 1. The lowest BCUT2D eigenvalue weighted by Gasteiger charge is -2.10. The van der Waals surface area contributed by atoms with E-state index in [9.17, 15) is 14.4 Å². The van der Waals surface area contributed by atoms with Crippen LogP contribution in [-0.4, -0.2) is 31.1 Å². The molecule has 0 aromatic heterocycles. The summed E-state index contributed by atoms with van der Waals surface area (Å²) in [7, 11) is 1.43. The van der Waals surface area contributed by atoms with Crippen molar-refractivity contribution in [3.8, 4) is 11.5 Å². The van der Waals surface area contributed by atoms with Crippen LogP contribution in [0.2, 0.25) is 0 Å². The molecule has 2 N–H and O–H groups in total. The van der Waals surface area contributed by atoms with Crippen LogP contribution in [0.4, 0.5) is 5.69 Å². The SMILES string of the molecule is COc1cc(C=NNC(=O)C(=O)Nc2ccccc2C)ccc1OC(=O)c1cccc(Br)c1. The van der Waals surface area contributed by atoms with Gasteiger partial charge in [0.15, 0.2) is 11.5 Å². The third kappa shape index (κ3) is 6.50. The van der Waals surface area contributed by atoms with E-state index in [0.717, 1.165) is 10.0 Å². The number of rotatable bonds is 6. The number of anilines is 1. The fourth-order valence-electron chi connectivity index (χ4n) is 2.73. The molecule has 0 aliphatic rings. The van der Waals surface area contributed by atoms with Crippen molar-refractivity contribution in [2.75, 3.05) is 12.4 Å². The van der Waals surface area contributed by atoms with Crippen LogP contribution in [0.25, 0.3) is 0 Å². The van der Waals surface area contributed by atoms with E-state index in [1.54, 1.807) is 54.6 Å². The van der Waals surface area contributed by atoms with Crippen LogP contribution in [0.1, 0.15) is 21.5 Å². The van der Waals surface area contributed by atoms with Crippen LogP contribution in [0.3, 0.4) is 0 Å². The van der Waals surface area contributed by atoms with Crippen LogP contribution < -0.4 is 20.2 Å². The van der Waals surface area contributed by atoms with Gasteiger partial charge < -0.3 is 14.8 Å². The largest absolute Gasteiger partial charge is 0.493 e. The average Bonchev–Trinajstić information content (AvgIpc) is 2.81. The highest BCUT2D eigenvalue weighted by Crippen LogP contribution is 2.28. The Balaban J connectivity index is 1.62. The molecule has 0 saturated carbocycles. The summed E-state index contributed by atoms with van der Waals surface area (Å²) in [5.41, 5.74) is 4.47. The van der Waals surface area contributed by atoms with Crippen LogP contribution in [-0.2, 0) is 9.59 Å². The molecule has 0 saturated heterocycles. The number of carbonyl (C=O) groups is 3. The normalized spacial score (nSPS) is 10.5. The smallest absolute Gasteiger partial charge is 0.343 e. The predicted octanol–water partition coefficient (Wildman–Crippen LogP) is 4.07. The summed E-state index contributed by atoms with van der Waals surface area (Å²) in [4.78, 5) is 36.4. The Labute approximate surface area is 198 Å². The molecule has 0 atom stereocenters. The van der Waals surface area contributed by atoms with Gasteiger partial charge in [-0.1, -0.05) is 40.2 Å². The number of ether oxygens (including phenoxy) is 2. The van der Waals surface area contributed by atoms with Gasteiger partial charge in [-0.2, -0.15) is 5.10 Å². The van der Waals surface area contributed by atoms with E-state index in [1.807, 2.05) is 19.1 Å². The first kappa shape index (κ1) is 23.7. The molecule has 8 nitrogen and oxygen atoms in total. The zero-order valence-electron chi connectivity index (χ0n) is 17.8. The lowest BCUT2D eigenvalue weighted by Crippen LogP contribution is -2.32. The minimum atomic E-state index is -0.916. The molecule has 0 bridgehead atoms. The topological polar surface area (TPSA) is 106 Å². The number of aryl methyl sites for hydroxylation is 1. The molecule has 0 fully saturated rings. The van der Waals surface area contributed by atoms with Gasteiger partial charge in [-0.3, -0.25) is 9.59 Å². The molecule has 0 aliphatic heterocycles. The maximum absolute atomic E-state index is 12.4. The second-order valence-corrected chi connectivity index (χ2v) is 7.69. The molecule has 168 valence electrons. The van der Waals surface area contributed by atoms with Crippen molar-refractivity contribution in [2.45, 2.75) is 6.92 Å². The molecular weight excluding hydrogens is 490 g/mol. The average molecular weight is 510 g/mol. The summed E-state index contributed by atoms with van der Waals surface area (Å²) in [5.74, 6) is -1.77. The standard InChI is InChI=1S/C24H20BrN3O5/c1-15-6-3-4-9-19(15)27-22(29)23(30)28-26-14-16-10-11-20(21(12-16)32-2)33-24(31)17-7-5-8-18(25)13-17/h3-14H,1-2H3,(H,27,29)(H,28,30). The van der Waals surface area contributed by atoms with Crippen LogP contribution in [0.5, 0.6) is 11.5 Å². The number of carbonyl (C=O) groups excluding carboxylic acids is 3. The van der Waals surface area contributed by atoms with Crippen molar-refractivity contribution in [1.29, 1.82) is 0 Å².